The van der Waals surface area contributed by atoms with Gasteiger partial charge in [-0.25, -0.2) is 0 Å². The Balaban J connectivity index is 1.96. The number of nitrogens with one attached hydrogen (secondary N) is 1. The molecule has 1 atom stereocenters. The molecular formula is C23H29BrN2O2S. The summed E-state index contributed by atoms with van der Waals surface area (Å²) in [6.45, 7) is 4.99. The molecule has 0 spiro atoms. The second kappa shape index (κ2) is 12.7. The van der Waals surface area contributed by atoms with Gasteiger partial charge in [0.2, 0.25) is 11.8 Å². The average Bonchev–Trinajstić information content (AvgIpc) is 2.74. The largest absolute Gasteiger partial charge is 0.354 e. The van der Waals surface area contributed by atoms with Gasteiger partial charge < -0.3 is 10.2 Å². The summed E-state index contributed by atoms with van der Waals surface area (Å²) < 4.78 is 1.04. The molecular weight excluding hydrogens is 448 g/mol. The van der Waals surface area contributed by atoms with E-state index in [4.69, 9.17) is 0 Å². The molecule has 0 radical (unpaired) electrons. The molecule has 0 saturated carbocycles. The van der Waals surface area contributed by atoms with Gasteiger partial charge >= 0.3 is 0 Å². The van der Waals surface area contributed by atoms with Crippen LogP contribution in [0.3, 0.4) is 0 Å². The van der Waals surface area contributed by atoms with Crippen LogP contribution in [0.25, 0.3) is 0 Å². The minimum atomic E-state index is -0.481. The van der Waals surface area contributed by atoms with Gasteiger partial charge in [0.1, 0.15) is 6.04 Å². The predicted molar refractivity (Wildman–Crippen MR) is 125 cm³/mol. The summed E-state index contributed by atoms with van der Waals surface area (Å²) in [5, 5.41) is 2.91. The molecule has 0 aromatic heterocycles. The summed E-state index contributed by atoms with van der Waals surface area (Å²) in [6, 6.07) is 17.7. The fourth-order valence-corrected chi connectivity index (χ4v) is 4.02. The lowest BCUT2D eigenvalue weighted by molar-refractivity contribution is -0.137. The van der Waals surface area contributed by atoms with E-state index in [1.54, 1.807) is 16.7 Å². The van der Waals surface area contributed by atoms with E-state index in [2.05, 4.69) is 33.4 Å². The fourth-order valence-electron chi connectivity index (χ4n) is 2.89. The van der Waals surface area contributed by atoms with Gasteiger partial charge in [-0.15, -0.1) is 11.8 Å². The lowest BCUT2D eigenvalue weighted by Crippen LogP contribution is -2.49. The number of carbonyl (C=O) groups is 2. The predicted octanol–water partition coefficient (Wildman–Crippen LogP) is 4.67. The van der Waals surface area contributed by atoms with Crippen LogP contribution in [0, 0.1) is 0 Å². The highest BCUT2D eigenvalue weighted by atomic mass is 79.9. The van der Waals surface area contributed by atoms with Gasteiger partial charge in [-0.1, -0.05) is 65.3 Å². The molecule has 2 aromatic rings. The van der Waals surface area contributed by atoms with Crippen LogP contribution in [0.1, 0.15) is 31.4 Å². The third kappa shape index (κ3) is 8.23. The Hall–Kier alpha value is -1.79. The molecule has 1 unspecified atom stereocenters. The number of rotatable bonds is 11. The summed E-state index contributed by atoms with van der Waals surface area (Å²) in [5.74, 6) is 1.03. The van der Waals surface area contributed by atoms with Crippen molar-refractivity contribution in [2.24, 2.45) is 0 Å². The number of hydrogen-bond acceptors (Lipinski definition) is 3. The zero-order valence-electron chi connectivity index (χ0n) is 17.1. The number of carbonyl (C=O) groups excluding carboxylic acids is 2. The molecule has 0 bridgehead atoms. The highest BCUT2D eigenvalue weighted by Gasteiger charge is 2.25. The number of halogens is 1. The van der Waals surface area contributed by atoms with Crippen molar-refractivity contribution in [3.8, 4) is 0 Å². The minimum absolute atomic E-state index is 0.00203. The van der Waals surface area contributed by atoms with Crippen molar-refractivity contribution in [3.63, 3.8) is 0 Å². The van der Waals surface area contributed by atoms with Crippen LogP contribution in [0.4, 0.5) is 0 Å². The summed E-state index contributed by atoms with van der Waals surface area (Å²) >= 11 is 5.01. The van der Waals surface area contributed by atoms with Gasteiger partial charge in [-0.3, -0.25) is 9.59 Å². The highest BCUT2D eigenvalue weighted by molar-refractivity contribution is 9.10. The third-order valence-electron chi connectivity index (χ3n) is 4.61. The van der Waals surface area contributed by atoms with Gasteiger partial charge in [0, 0.05) is 23.3 Å². The highest BCUT2D eigenvalue weighted by Crippen LogP contribution is 2.17. The molecule has 0 fully saturated rings. The second-order valence-electron chi connectivity index (χ2n) is 6.91. The van der Waals surface area contributed by atoms with Gasteiger partial charge in [-0.05, 0) is 43.0 Å². The van der Waals surface area contributed by atoms with Crippen LogP contribution in [0.15, 0.2) is 59.1 Å². The Morgan fingerprint density at radius 3 is 2.41 bits per heavy atom. The molecule has 0 heterocycles. The molecule has 2 aromatic carbocycles. The summed E-state index contributed by atoms with van der Waals surface area (Å²) in [5.41, 5.74) is 2.34. The average molecular weight is 477 g/mol. The first-order valence-corrected chi connectivity index (χ1v) is 11.9. The van der Waals surface area contributed by atoms with Crippen LogP contribution in [0.5, 0.6) is 0 Å². The molecule has 156 valence electrons. The van der Waals surface area contributed by atoms with E-state index in [1.165, 1.54) is 5.56 Å². The van der Waals surface area contributed by atoms with Crippen molar-refractivity contribution in [1.29, 1.82) is 0 Å². The zero-order valence-corrected chi connectivity index (χ0v) is 19.5. The van der Waals surface area contributed by atoms with E-state index in [9.17, 15) is 9.59 Å². The summed E-state index contributed by atoms with van der Waals surface area (Å²) in [4.78, 5) is 27.1. The molecule has 1 N–H and O–H groups in total. The smallest absolute Gasteiger partial charge is 0.242 e. The summed E-state index contributed by atoms with van der Waals surface area (Å²) in [7, 11) is 0. The van der Waals surface area contributed by atoms with Crippen LogP contribution in [-0.2, 0) is 21.8 Å². The monoisotopic (exact) mass is 476 g/mol. The van der Waals surface area contributed by atoms with Crippen LogP contribution < -0.4 is 5.32 Å². The van der Waals surface area contributed by atoms with E-state index >= 15 is 0 Å². The van der Waals surface area contributed by atoms with E-state index < -0.39 is 6.04 Å². The Morgan fingerprint density at radius 1 is 1.07 bits per heavy atom. The number of hydrogen-bond donors (Lipinski definition) is 1. The number of nitrogens with zero attached hydrogens (tertiary/aromatic N) is 1. The first-order chi connectivity index (χ1) is 14.0. The quantitative estimate of drug-likeness (QED) is 0.512. The van der Waals surface area contributed by atoms with Crippen LogP contribution in [-0.4, -0.2) is 41.6 Å². The molecule has 0 saturated heterocycles. The van der Waals surface area contributed by atoms with Crippen molar-refractivity contribution in [3.05, 3.63) is 70.2 Å². The van der Waals surface area contributed by atoms with Crippen LogP contribution in [0.2, 0.25) is 0 Å². The summed E-state index contributed by atoms with van der Waals surface area (Å²) in [6.07, 6.45) is 1.61. The first kappa shape index (κ1) is 23.5. The van der Waals surface area contributed by atoms with Gasteiger partial charge in [0.25, 0.3) is 0 Å². The number of benzene rings is 2. The maximum Gasteiger partial charge on any atom is 0.242 e. The van der Waals surface area contributed by atoms with Crippen molar-refractivity contribution < 1.29 is 9.59 Å². The lowest BCUT2D eigenvalue weighted by Gasteiger charge is -2.28. The second-order valence-corrected chi connectivity index (χ2v) is 8.81. The van der Waals surface area contributed by atoms with Gasteiger partial charge in [-0.2, -0.15) is 0 Å². The molecule has 4 nitrogen and oxygen atoms in total. The molecule has 2 rings (SSSR count). The molecule has 29 heavy (non-hydrogen) atoms. The van der Waals surface area contributed by atoms with Gasteiger partial charge in [0.05, 0.1) is 5.75 Å². The maximum atomic E-state index is 12.9. The van der Waals surface area contributed by atoms with Crippen molar-refractivity contribution in [2.45, 2.75) is 38.5 Å². The van der Waals surface area contributed by atoms with E-state index in [0.29, 0.717) is 18.8 Å². The van der Waals surface area contributed by atoms with E-state index in [1.807, 2.05) is 56.3 Å². The SMILES string of the molecule is CCCNC(=O)C(C)N(CCc1ccccc1)C(=O)CSCc1ccc(Br)cc1. The molecule has 0 aliphatic rings. The molecule has 2 amide bonds. The van der Waals surface area contributed by atoms with Crippen molar-refractivity contribution in [1.82, 2.24) is 10.2 Å². The maximum absolute atomic E-state index is 12.9. The lowest BCUT2D eigenvalue weighted by atomic mass is 10.1. The number of thioether (sulfide) groups is 1. The Labute approximate surface area is 186 Å². The van der Waals surface area contributed by atoms with Crippen molar-refractivity contribution in [2.75, 3.05) is 18.8 Å². The normalized spacial score (nSPS) is 11.7. The Kier molecular flexibility index (Phi) is 10.3. The number of amides is 2. The molecule has 6 heteroatoms. The third-order valence-corrected chi connectivity index (χ3v) is 6.13. The van der Waals surface area contributed by atoms with Crippen molar-refractivity contribution >= 4 is 39.5 Å². The standard InChI is InChI=1S/C23H29BrN2O2S/c1-3-14-25-23(28)18(2)26(15-13-19-7-5-4-6-8-19)22(27)17-29-16-20-9-11-21(24)12-10-20/h4-12,18H,3,13-17H2,1-2H3,(H,25,28). The van der Waals surface area contributed by atoms with Gasteiger partial charge in [0.15, 0.2) is 0 Å². The minimum Gasteiger partial charge on any atom is -0.354 e. The molecule has 0 aliphatic heterocycles. The molecule has 0 aliphatic carbocycles. The topological polar surface area (TPSA) is 49.4 Å². The van der Waals surface area contributed by atoms with E-state index in [0.717, 1.165) is 28.6 Å². The Morgan fingerprint density at radius 2 is 1.76 bits per heavy atom. The van der Waals surface area contributed by atoms with E-state index in [-0.39, 0.29) is 11.8 Å². The zero-order chi connectivity index (χ0) is 21.1. The van der Waals surface area contributed by atoms with Crippen LogP contribution >= 0.6 is 27.7 Å². The Bertz CT molecular complexity index is 768. The first-order valence-electron chi connectivity index (χ1n) is 9.94. The fraction of sp³-hybridized carbons (Fsp3) is 0.391.